The summed E-state index contributed by atoms with van der Waals surface area (Å²) in [5, 5.41) is 25.8. The van der Waals surface area contributed by atoms with Crippen LogP contribution >= 0.6 is 23.2 Å². The fraction of sp³-hybridized carbons (Fsp3) is 0.200. The molecule has 10 heteroatoms. The van der Waals surface area contributed by atoms with Crippen molar-refractivity contribution in [2.24, 2.45) is 0 Å². The molecule has 45 heavy (non-hydrogen) atoms. The predicted molar refractivity (Wildman–Crippen MR) is 179 cm³/mol. The second kappa shape index (κ2) is 12.7. The Kier molecular flexibility index (Phi) is 8.31. The van der Waals surface area contributed by atoms with Gasteiger partial charge in [0.25, 0.3) is 0 Å². The van der Waals surface area contributed by atoms with E-state index in [1.807, 2.05) is 60.8 Å². The average Bonchev–Trinajstić information content (AvgIpc) is 3.47. The summed E-state index contributed by atoms with van der Waals surface area (Å²) >= 11 is 14.1. The Hall–Kier alpha value is -4.18. The van der Waals surface area contributed by atoms with Crippen molar-refractivity contribution in [3.05, 3.63) is 118 Å². The van der Waals surface area contributed by atoms with Crippen LogP contribution in [-0.2, 0) is 19.6 Å². The minimum absolute atomic E-state index is 0.0670. The molecule has 7 rings (SSSR count). The summed E-state index contributed by atoms with van der Waals surface area (Å²) in [5.74, 6) is 0.605. The van der Waals surface area contributed by atoms with Crippen molar-refractivity contribution < 1.29 is 10.2 Å². The molecule has 0 radical (unpaired) electrons. The van der Waals surface area contributed by atoms with E-state index in [1.165, 1.54) is 0 Å². The zero-order valence-electron chi connectivity index (χ0n) is 24.3. The number of nitrogens with zero attached hydrogens (tertiary/aromatic N) is 5. The molecule has 1 fully saturated rings. The highest BCUT2D eigenvalue weighted by molar-refractivity contribution is 6.38. The molecule has 226 valence electrons. The molecule has 0 unspecified atom stereocenters. The second-order valence-corrected chi connectivity index (χ2v) is 12.1. The molecule has 1 atom stereocenters. The molecule has 0 spiro atoms. The number of benzene rings is 2. The van der Waals surface area contributed by atoms with Crippen LogP contribution in [0.15, 0.2) is 85.5 Å². The van der Waals surface area contributed by atoms with Crippen LogP contribution < -0.4 is 5.32 Å². The highest BCUT2D eigenvalue weighted by atomic mass is 35.5. The van der Waals surface area contributed by atoms with Crippen molar-refractivity contribution in [1.82, 2.24) is 24.8 Å². The van der Waals surface area contributed by atoms with Gasteiger partial charge in [-0.15, -0.1) is 0 Å². The number of fused-ring (bicyclic) bond motifs is 2. The number of aromatic nitrogens is 4. The van der Waals surface area contributed by atoms with Crippen molar-refractivity contribution >= 4 is 56.5 Å². The van der Waals surface area contributed by atoms with Gasteiger partial charge in [0, 0.05) is 72.7 Å². The van der Waals surface area contributed by atoms with Gasteiger partial charge in [-0.3, -0.25) is 19.9 Å². The molecule has 1 aliphatic heterocycles. The van der Waals surface area contributed by atoms with Crippen LogP contribution in [0.5, 0.6) is 0 Å². The summed E-state index contributed by atoms with van der Waals surface area (Å²) < 4.78 is 0. The fourth-order valence-corrected chi connectivity index (χ4v) is 6.52. The lowest BCUT2D eigenvalue weighted by atomic mass is 9.99. The van der Waals surface area contributed by atoms with Crippen LogP contribution in [0.25, 0.3) is 32.9 Å². The summed E-state index contributed by atoms with van der Waals surface area (Å²) in [5.41, 5.74) is 7.34. The minimum atomic E-state index is -0.253. The Morgan fingerprint density at radius 1 is 0.822 bits per heavy atom. The number of pyridine rings is 4. The number of hydrogen-bond acceptors (Lipinski definition) is 8. The van der Waals surface area contributed by atoms with E-state index in [9.17, 15) is 10.2 Å². The van der Waals surface area contributed by atoms with Gasteiger partial charge >= 0.3 is 0 Å². The molecule has 2 aromatic carbocycles. The Labute approximate surface area is 270 Å². The zero-order valence-corrected chi connectivity index (χ0v) is 25.8. The Morgan fingerprint density at radius 3 is 2.33 bits per heavy atom. The monoisotopic (exact) mass is 636 g/mol. The number of anilines is 2. The van der Waals surface area contributed by atoms with E-state index >= 15 is 0 Å². The number of aliphatic hydroxyl groups is 2. The second-order valence-electron chi connectivity index (χ2n) is 11.3. The molecular weight excluding hydrogens is 607 g/mol. The molecule has 8 nitrogen and oxygen atoms in total. The Balaban J connectivity index is 1.17. The third-order valence-electron chi connectivity index (χ3n) is 8.20. The van der Waals surface area contributed by atoms with Gasteiger partial charge in [-0.1, -0.05) is 53.5 Å². The van der Waals surface area contributed by atoms with Crippen molar-refractivity contribution in [3.63, 3.8) is 0 Å². The highest BCUT2D eigenvalue weighted by Crippen LogP contribution is 2.40. The standard InChI is InChI=1S/C35H30Cl2N6O2/c36-31-23(15-30-33-24(7-10-38-30)14-22(20-44)17-40-33)3-1-4-27(31)28-5-2-6-29(32(28)37)42-35-34-25(8-11-39-35)13-21(16-41-34)18-43-12-9-26(45)19-43/h1-8,10-11,13-14,16-17,26,44-45H,9,12,15,18-20H2,(H,39,42)/t26-/m0/s1. The predicted octanol–water partition coefficient (Wildman–Crippen LogP) is 6.94. The summed E-state index contributed by atoms with van der Waals surface area (Å²) in [6.07, 6.45) is 8.08. The van der Waals surface area contributed by atoms with Crippen molar-refractivity contribution in [3.8, 4) is 11.1 Å². The van der Waals surface area contributed by atoms with Gasteiger partial charge in [-0.05, 0) is 53.4 Å². The van der Waals surface area contributed by atoms with Crippen LogP contribution in [0.2, 0.25) is 10.0 Å². The lowest BCUT2D eigenvalue weighted by Gasteiger charge is -2.16. The van der Waals surface area contributed by atoms with Gasteiger partial charge in [0.2, 0.25) is 0 Å². The number of β-amino-alcohol motifs (C(OH)–C–C–N with tert-alkyl or cyclic N) is 1. The smallest absolute Gasteiger partial charge is 0.156 e. The fourth-order valence-electron chi connectivity index (χ4n) is 5.95. The lowest BCUT2D eigenvalue weighted by molar-refractivity contribution is 0.175. The largest absolute Gasteiger partial charge is 0.392 e. The van der Waals surface area contributed by atoms with E-state index in [4.69, 9.17) is 28.2 Å². The lowest BCUT2D eigenvalue weighted by Crippen LogP contribution is -2.21. The SMILES string of the molecule is OCc1cnc2c(Cc3cccc(-c4cccc(Nc5nccc6cc(CN7CC[C@H](O)C7)cnc56)c4Cl)c3Cl)nccc2c1. The third kappa shape index (κ3) is 6.08. The normalized spacial score (nSPS) is 15.2. The molecule has 5 heterocycles. The molecule has 4 aromatic heterocycles. The van der Waals surface area contributed by atoms with Crippen LogP contribution in [-0.4, -0.2) is 54.2 Å². The Morgan fingerprint density at radius 2 is 1.53 bits per heavy atom. The summed E-state index contributed by atoms with van der Waals surface area (Å²) in [6.45, 7) is 2.25. The van der Waals surface area contributed by atoms with Gasteiger partial charge in [0.1, 0.15) is 5.52 Å². The van der Waals surface area contributed by atoms with E-state index < -0.39 is 0 Å². The third-order valence-corrected chi connectivity index (χ3v) is 9.06. The quantitative estimate of drug-likeness (QED) is 0.165. The maximum absolute atomic E-state index is 9.88. The minimum Gasteiger partial charge on any atom is -0.392 e. The first-order valence-corrected chi connectivity index (χ1v) is 15.5. The number of nitrogens with one attached hydrogen (secondary N) is 1. The maximum Gasteiger partial charge on any atom is 0.156 e. The summed E-state index contributed by atoms with van der Waals surface area (Å²) in [6, 6.07) is 19.6. The molecule has 1 aliphatic rings. The maximum atomic E-state index is 9.88. The van der Waals surface area contributed by atoms with Crippen LogP contribution in [0.4, 0.5) is 11.5 Å². The van der Waals surface area contributed by atoms with Gasteiger partial charge < -0.3 is 15.5 Å². The first-order chi connectivity index (χ1) is 22.0. The molecule has 0 bridgehead atoms. The van der Waals surface area contributed by atoms with E-state index in [0.717, 1.165) is 74.8 Å². The molecule has 0 aliphatic carbocycles. The topological polar surface area (TPSA) is 107 Å². The van der Waals surface area contributed by atoms with Crippen molar-refractivity contribution in [2.45, 2.75) is 32.1 Å². The Bertz CT molecular complexity index is 2040. The van der Waals surface area contributed by atoms with E-state index in [1.54, 1.807) is 18.6 Å². The molecule has 1 saturated heterocycles. The number of aliphatic hydroxyl groups excluding tert-OH is 2. The zero-order chi connectivity index (χ0) is 30.9. The van der Waals surface area contributed by atoms with Crippen molar-refractivity contribution in [1.29, 1.82) is 0 Å². The molecule has 0 saturated carbocycles. The summed E-state index contributed by atoms with van der Waals surface area (Å²) in [7, 11) is 0. The highest BCUT2D eigenvalue weighted by Gasteiger charge is 2.21. The van der Waals surface area contributed by atoms with Crippen molar-refractivity contribution in [2.75, 3.05) is 18.4 Å². The number of halogens is 2. The van der Waals surface area contributed by atoms with E-state index in [2.05, 4.69) is 31.2 Å². The van der Waals surface area contributed by atoms with Gasteiger partial charge in [0.15, 0.2) is 5.82 Å². The van der Waals surface area contributed by atoms with Crippen LogP contribution in [0, 0.1) is 0 Å². The van der Waals surface area contributed by atoms with Crippen LogP contribution in [0.3, 0.4) is 0 Å². The first kappa shape index (κ1) is 29.5. The van der Waals surface area contributed by atoms with Gasteiger partial charge in [0.05, 0.1) is 39.7 Å². The first-order valence-electron chi connectivity index (χ1n) is 14.8. The number of rotatable bonds is 8. The van der Waals surface area contributed by atoms with Crippen LogP contribution in [0.1, 0.15) is 28.8 Å². The summed E-state index contributed by atoms with van der Waals surface area (Å²) in [4.78, 5) is 20.7. The van der Waals surface area contributed by atoms with Gasteiger partial charge in [-0.2, -0.15) is 0 Å². The van der Waals surface area contributed by atoms with Gasteiger partial charge in [-0.25, -0.2) is 4.98 Å². The van der Waals surface area contributed by atoms with E-state index in [0.29, 0.717) is 34.5 Å². The molecule has 3 N–H and O–H groups in total. The number of likely N-dealkylation sites (tertiary alicyclic amines) is 1. The molecule has 0 amide bonds. The molecular formula is C35H30Cl2N6O2. The average molecular weight is 638 g/mol. The molecule has 6 aromatic rings. The van der Waals surface area contributed by atoms with E-state index in [-0.39, 0.29) is 12.7 Å². The number of hydrogen-bond donors (Lipinski definition) is 3.